The van der Waals surface area contributed by atoms with Crippen LogP contribution in [0.5, 0.6) is 0 Å². The monoisotopic (exact) mass is 424 g/mol. The van der Waals surface area contributed by atoms with E-state index in [-0.39, 0.29) is 11.0 Å². The van der Waals surface area contributed by atoms with Crippen LogP contribution in [0.2, 0.25) is 0 Å². The Hall–Kier alpha value is -4.03. The molecule has 0 fully saturated rings. The summed E-state index contributed by atoms with van der Waals surface area (Å²) in [6.07, 6.45) is 5.11. The zero-order valence-electron chi connectivity index (χ0n) is 16.6. The molecule has 152 valence electrons. The number of hydrogen-bond donors (Lipinski definition) is 2. The van der Waals surface area contributed by atoms with Crippen molar-refractivity contribution in [3.8, 4) is 16.9 Å². The first-order valence-electron chi connectivity index (χ1n) is 9.75. The maximum atomic E-state index is 12.4. The molecule has 1 aromatic heterocycles. The van der Waals surface area contributed by atoms with Gasteiger partial charge in [0.05, 0.1) is 11.4 Å². The lowest BCUT2D eigenvalue weighted by atomic mass is 10.1. The first-order chi connectivity index (χ1) is 15.2. The van der Waals surface area contributed by atoms with Crippen LogP contribution in [0.1, 0.15) is 5.56 Å². The van der Waals surface area contributed by atoms with Gasteiger partial charge in [0.15, 0.2) is 5.11 Å². The van der Waals surface area contributed by atoms with E-state index in [1.165, 1.54) is 6.08 Å². The summed E-state index contributed by atoms with van der Waals surface area (Å²) < 4.78 is 1.81. The first-order valence-corrected chi connectivity index (χ1v) is 10.2. The van der Waals surface area contributed by atoms with Crippen LogP contribution < -0.4 is 10.6 Å². The van der Waals surface area contributed by atoms with Crippen molar-refractivity contribution in [2.24, 2.45) is 0 Å². The van der Waals surface area contributed by atoms with Crippen molar-refractivity contribution in [3.05, 3.63) is 109 Å². The Kier molecular flexibility index (Phi) is 6.30. The third kappa shape index (κ3) is 5.32. The molecule has 6 heteroatoms. The van der Waals surface area contributed by atoms with Crippen LogP contribution in [0.3, 0.4) is 0 Å². The minimum atomic E-state index is -0.320. The van der Waals surface area contributed by atoms with Crippen LogP contribution >= 0.6 is 12.2 Å². The van der Waals surface area contributed by atoms with Crippen molar-refractivity contribution in [3.63, 3.8) is 0 Å². The maximum Gasteiger partial charge on any atom is 0.250 e. The first kappa shape index (κ1) is 20.3. The summed E-state index contributed by atoms with van der Waals surface area (Å²) in [6.45, 7) is 0. The fourth-order valence-corrected chi connectivity index (χ4v) is 3.26. The van der Waals surface area contributed by atoms with Crippen LogP contribution in [0.4, 0.5) is 5.69 Å². The zero-order valence-corrected chi connectivity index (χ0v) is 17.4. The molecule has 4 aromatic rings. The third-order valence-electron chi connectivity index (χ3n) is 4.49. The molecule has 1 heterocycles. The lowest BCUT2D eigenvalue weighted by molar-refractivity contribution is -0.115. The van der Waals surface area contributed by atoms with Gasteiger partial charge in [0.1, 0.15) is 0 Å². The number of benzene rings is 3. The second kappa shape index (κ2) is 9.65. The molecule has 0 spiro atoms. The summed E-state index contributed by atoms with van der Waals surface area (Å²) in [5.74, 6) is -0.320. The quantitative estimate of drug-likeness (QED) is 0.347. The molecule has 4 rings (SSSR count). The Morgan fingerprint density at radius 2 is 1.48 bits per heavy atom. The smallest absolute Gasteiger partial charge is 0.250 e. The molecule has 0 unspecified atom stereocenters. The number of hydrogen-bond acceptors (Lipinski definition) is 3. The summed E-state index contributed by atoms with van der Waals surface area (Å²) in [7, 11) is 0. The van der Waals surface area contributed by atoms with Crippen LogP contribution in [0.15, 0.2) is 103 Å². The molecule has 0 aliphatic rings. The molecule has 0 radical (unpaired) electrons. The highest BCUT2D eigenvalue weighted by atomic mass is 32.1. The normalized spacial score (nSPS) is 10.7. The molecule has 0 atom stereocenters. The fraction of sp³-hybridized carbons (Fsp3) is 0. The number of amides is 1. The van der Waals surface area contributed by atoms with E-state index in [1.807, 2.05) is 102 Å². The van der Waals surface area contributed by atoms with Gasteiger partial charge in [0.2, 0.25) is 5.91 Å². The average Bonchev–Trinajstić information content (AvgIpc) is 3.24. The van der Waals surface area contributed by atoms with Gasteiger partial charge < -0.3 is 5.32 Å². The van der Waals surface area contributed by atoms with Crippen molar-refractivity contribution in [1.82, 2.24) is 15.1 Å². The summed E-state index contributed by atoms with van der Waals surface area (Å²) in [5, 5.41) is 10.6. The van der Waals surface area contributed by atoms with Crippen molar-refractivity contribution in [1.29, 1.82) is 0 Å². The molecule has 0 aliphatic carbocycles. The lowest BCUT2D eigenvalue weighted by Gasteiger charge is -2.07. The maximum absolute atomic E-state index is 12.4. The lowest BCUT2D eigenvalue weighted by Crippen LogP contribution is -2.32. The van der Waals surface area contributed by atoms with Crippen LogP contribution in [0, 0.1) is 0 Å². The van der Waals surface area contributed by atoms with Gasteiger partial charge >= 0.3 is 0 Å². The van der Waals surface area contributed by atoms with Gasteiger partial charge in [-0.15, -0.1) is 0 Å². The largest absolute Gasteiger partial charge is 0.332 e. The molecule has 31 heavy (non-hydrogen) atoms. The second-order valence-corrected chi connectivity index (χ2v) is 7.13. The van der Waals surface area contributed by atoms with Gasteiger partial charge in [0, 0.05) is 29.1 Å². The number of carbonyl (C=O) groups excluding carboxylic acids is 1. The van der Waals surface area contributed by atoms with Crippen LogP contribution in [-0.2, 0) is 4.79 Å². The predicted octanol–water partition coefficient (Wildman–Crippen LogP) is 5.07. The summed E-state index contributed by atoms with van der Waals surface area (Å²) in [4.78, 5) is 12.4. The molecule has 0 saturated heterocycles. The summed E-state index contributed by atoms with van der Waals surface area (Å²) >= 11 is 5.22. The number of rotatable bonds is 5. The molecule has 1 amide bonds. The summed E-state index contributed by atoms with van der Waals surface area (Å²) in [6, 6.07) is 29.2. The average molecular weight is 425 g/mol. The van der Waals surface area contributed by atoms with Gasteiger partial charge in [-0.3, -0.25) is 10.1 Å². The van der Waals surface area contributed by atoms with E-state index in [1.54, 1.807) is 6.08 Å². The number of anilines is 1. The predicted molar refractivity (Wildman–Crippen MR) is 129 cm³/mol. The molecular formula is C25H20N4OS. The van der Waals surface area contributed by atoms with Crippen molar-refractivity contribution >= 4 is 35.0 Å². The fourth-order valence-electron chi connectivity index (χ4n) is 3.05. The standard InChI is InChI=1S/C25H20N4OS/c30-23(27-25(31)26-21-12-6-2-7-13-21)17-16-20-18-29(22-14-8-3-9-15-22)28-24(20)19-10-4-1-5-11-19/h1-18H,(H2,26,27,30,31). The van der Waals surface area contributed by atoms with Gasteiger partial charge in [-0.1, -0.05) is 66.7 Å². The van der Waals surface area contributed by atoms with E-state index < -0.39 is 0 Å². The highest BCUT2D eigenvalue weighted by molar-refractivity contribution is 7.80. The van der Waals surface area contributed by atoms with Crippen molar-refractivity contribution in [2.45, 2.75) is 0 Å². The Morgan fingerprint density at radius 3 is 2.16 bits per heavy atom. The van der Waals surface area contributed by atoms with Gasteiger partial charge in [0.25, 0.3) is 0 Å². The Morgan fingerprint density at radius 1 is 0.871 bits per heavy atom. The third-order valence-corrected chi connectivity index (χ3v) is 4.70. The Balaban J connectivity index is 1.54. The molecule has 0 bridgehead atoms. The van der Waals surface area contributed by atoms with Gasteiger partial charge in [-0.25, -0.2) is 4.68 Å². The van der Waals surface area contributed by atoms with Crippen LogP contribution in [-0.4, -0.2) is 20.8 Å². The highest BCUT2D eigenvalue weighted by Crippen LogP contribution is 2.24. The van der Waals surface area contributed by atoms with E-state index in [0.29, 0.717) is 0 Å². The second-order valence-electron chi connectivity index (χ2n) is 6.72. The van der Waals surface area contributed by atoms with E-state index in [0.717, 1.165) is 28.2 Å². The zero-order chi connectivity index (χ0) is 21.5. The van der Waals surface area contributed by atoms with Crippen molar-refractivity contribution < 1.29 is 4.79 Å². The number of nitrogens with one attached hydrogen (secondary N) is 2. The SMILES string of the molecule is O=C(C=Cc1cn(-c2ccccc2)nc1-c1ccccc1)NC(=S)Nc1ccccc1. The van der Waals surface area contributed by atoms with E-state index >= 15 is 0 Å². The Bertz CT molecular complexity index is 1200. The van der Waals surface area contributed by atoms with E-state index in [4.69, 9.17) is 17.3 Å². The minimum Gasteiger partial charge on any atom is -0.332 e. The topological polar surface area (TPSA) is 59.0 Å². The molecule has 2 N–H and O–H groups in total. The van der Waals surface area contributed by atoms with Crippen molar-refractivity contribution in [2.75, 3.05) is 5.32 Å². The summed E-state index contributed by atoms with van der Waals surface area (Å²) in [5.41, 5.74) is 4.34. The minimum absolute atomic E-state index is 0.240. The molecule has 0 saturated carbocycles. The molecular weight excluding hydrogens is 404 g/mol. The van der Waals surface area contributed by atoms with E-state index in [2.05, 4.69) is 10.6 Å². The molecule has 5 nitrogen and oxygen atoms in total. The van der Waals surface area contributed by atoms with Gasteiger partial charge in [-0.05, 0) is 42.6 Å². The van der Waals surface area contributed by atoms with E-state index in [9.17, 15) is 4.79 Å². The Labute approximate surface area is 186 Å². The number of carbonyl (C=O) groups is 1. The van der Waals surface area contributed by atoms with Crippen LogP contribution in [0.25, 0.3) is 23.0 Å². The molecule has 0 aliphatic heterocycles. The number of thiocarbonyl (C=S) groups is 1. The number of aromatic nitrogens is 2. The highest BCUT2D eigenvalue weighted by Gasteiger charge is 2.11. The van der Waals surface area contributed by atoms with Gasteiger partial charge in [-0.2, -0.15) is 5.10 Å². The number of nitrogens with zero attached hydrogens (tertiary/aromatic N) is 2. The number of para-hydroxylation sites is 2. The molecule has 3 aromatic carbocycles.